The lowest BCUT2D eigenvalue weighted by Gasteiger charge is -2.10. The molecule has 1 atom stereocenters. The molecule has 1 aliphatic heterocycles. The van der Waals surface area contributed by atoms with Gasteiger partial charge in [-0.2, -0.15) is 0 Å². The molecule has 3 nitrogen and oxygen atoms in total. The quantitative estimate of drug-likeness (QED) is 0.873. The summed E-state index contributed by atoms with van der Waals surface area (Å²) in [5.41, 5.74) is 0.656. The van der Waals surface area contributed by atoms with Crippen LogP contribution >= 0.6 is 31.9 Å². The monoisotopic (exact) mass is 375 g/mol. The molecule has 0 spiro atoms. The Morgan fingerprint density at radius 3 is 2.67 bits per heavy atom. The first-order valence-corrected chi connectivity index (χ1v) is 7.59. The van der Waals surface area contributed by atoms with E-state index in [0.717, 1.165) is 34.8 Å². The zero-order valence-electron chi connectivity index (χ0n) is 9.92. The number of amides is 1. The van der Waals surface area contributed by atoms with Gasteiger partial charge in [-0.05, 0) is 37.5 Å². The topological polar surface area (TPSA) is 38.3 Å². The van der Waals surface area contributed by atoms with Crippen LogP contribution in [0.4, 0.5) is 0 Å². The van der Waals surface area contributed by atoms with Crippen LogP contribution in [0, 0.1) is 0 Å². The largest absolute Gasteiger partial charge is 0.378 e. The summed E-state index contributed by atoms with van der Waals surface area (Å²) in [7, 11) is 0. The maximum atomic E-state index is 11.9. The lowest BCUT2D eigenvalue weighted by atomic mass is 10.1. The fourth-order valence-corrected chi connectivity index (χ4v) is 3.30. The minimum absolute atomic E-state index is 0.0463. The van der Waals surface area contributed by atoms with Crippen molar-refractivity contribution >= 4 is 37.8 Å². The summed E-state index contributed by atoms with van der Waals surface area (Å²) < 4.78 is 7.29. The Bertz CT molecular complexity index is 411. The highest BCUT2D eigenvalue weighted by atomic mass is 79.9. The minimum Gasteiger partial charge on any atom is -0.378 e. The molecule has 1 N–H and O–H groups in total. The van der Waals surface area contributed by atoms with E-state index in [1.807, 2.05) is 18.2 Å². The number of ether oxygens (including phenoxy) is 1. The third-order valence-corrected chi connectivity index (χ3v) is 3.82. The van der Waals surface area contributed by atoms with E-state index in [0.29, 0.717) is 18.2 Å². The second kappa shape index (κ2) is 6.68. The smallest absolute Gasteiger partial charge is 0.251 e. The molecule has 0 bridgehead atoms. The van der Waals surface area contributed by atoms with Gasteiger partial charge in [-0.1, -0.05) is 31.9 Å². The number of hydrogen-bond donors (Lipinski definition) is 1. The zero-order chi connectivity index (χ0) is 13.0. The van der Waals surface area contributed by atoms with E-state index in [-0.39, 0.29) is 5.91 Å². The maximum Gasteiger partial charge on any atom is 0.251 e. The molecule has 0 radical (unpaired) electrons. The average Bonchev–Trinajstić information content (AvgIpc) is 2.80. The lowest BCUT2D eigenvalue weighted by Crippen LogP contribution is -2.27. The van der Waals surface area contributed by atoms with Crippen molar-refractivity contribution in [2.24, 2.45) is 0 Å². The van der Waals surface area contributed by atoms with Gasteiger partial charge in [0.15, 0.2) is 0 Å². The number of carbonyl (C=O) groups excluding carboxylic acids is 1. The number of halogens is 2. The SMILES string of the molecule is O=C(NCCC1CCCO1)c1cc(Br)cc(Br)c1. The van der Waals surface area contributed by atoms with Crippen LogP contribution < -0.4 is 5.32 Å². The van der Waals surface area contributed by atoms with Gasteiger partial charge in [0, 0.05) is 27.7 Å². The van der Waals surface area contributed by atoms with E-state index >= 15 is 0 Å². The first-order valence-electron chi connectivity index (χ1n) is 6.01. The molecule has 0 aromatic heterocycles. The predicted octanol–water partition coefficient (Wildman–Crippen LogP) is 3.51. The van der Waals surface area contributed by atoms with E-state index < -0.39 is 0 Å². The molecule has 0 aliphatic carbocycles. The van der Waals surface area contributed by atoms with Crippen LogP contribution in [-0.4, -0.2) is 25.2 Å². The zero-order valence-corrected chi connectivity index (χ0v) is 13.1. The minimum atomic E-state index is -0.0463. The lowest BCUT2D eigenvalue weighted by molar-refractivity contribution is 0.0907. The van der Waals surface area contributed by atoms with Crippen LogP contribution in [0.2, 0.25) is 0 Å². The molecular formula is C13H15Br2NO2. The van der Waals surface area contributed by atoms with Crippen molar-refractivity contribution in [2.45, 2.75) is 25.4 Å². The van der Waals surface area contributed by atoms with E-state index in [4.69, 9.17) is 4.74 Å². The third kappa shape index (κ3) is 4.07. The van der Waals surface area contributed by atoms with Gasteiger partial charge >= 0.3 is 0 Å². The Morgan fingerprint density at radius 2 is 2.06 bits per heavy atom. The van der Waals surface area contributed by atoms with Crippen molar-refractivity contribution in [3.8, 4) is 0 Å². The van der Waals surface area contributed by atoms with Crippen LogP contribution in [0.25, 0.3) is 0 Å². The summed E-state index contributed by atoms with van der Waals surface area (Å²) in [5.74, 6) is -0.0463. The molecular weight excluding hydrogens is 362 g/mol. The van der Waals surface area contributed by atoms with E-state index in [9.17, 15) is 4.79 Å². The van der Waals surface area contributed by atoms with Gasteiger partial charge < -0.3 is 10.1 Å². The number of carbonyl (C=O) groups is 1. The molecule has 1 aliphatic rings. The highest BCUT2D eigenvalue weighted by Gasteiger charge is 2.15. The number of hydrogen-bond acceptors (Lipinski definition) is 2. The standard InChI is InChI=1S/C13H15Br2NO2/c14-10-6-9(7-11(15)8-10)13(17)16-4-3-12-2-1-5-18-12/h6-8,12H,1-5H2,(H,16,17). The molecule has 18 heavy (non-hydrogen) atoms. The molecule has 5 heteroatoms. The van der Waals surface area contributed by atoms with Gasteiger partial charge in [-0.3, -0.25) is 4.79 Å². The normalized spacial score (nSPS) is 18.9. The fourth-order valence-electron chi connectivity index (χ4n) is 2.01. The molecule has 2 rings (SSSR count). The Labute approximate surface area is 124 Å². The molecule has 1 heterocycles. The molecule has 1 saturated heterocycles. The number of nitrogens with one attached hydrogen (secondary N) is 1. The molecule has 0 saturated carbocycles. The summed E-state index contributed by atoms with van der Waals surface area (Å²) >= 11 is 6.75. The van der Waals surface area contributed by atoms with Crippen molar-refractivity contribution in [1.29, 1.82) is 0 Å². The summed E-state index contributed by atoms with van der Waals surface area (Å²) in [5, 5.41) is 2.92. The van der Waals surface area contributed by atoms with Gasteiger partial charge in [-0.15, -0.1) is 0 Å². The van der Waals surface area contributed by atoms with Crippen molar-refractivity contribution in [3.05, 3.63) is 32.7 Å². The third-order valence-electron chi connectivity index (χ3n) is 2.90. The van der Waals surface area contributed by atoms with Gasteiger partial charge in [0.05, 0.1) is 6.10 Å². The molecule has 98 valence electrons. The number of benzene rings is 1. The first-order chi connectivity index (χ1) is 8.65. The molecule has 1 unspecified atom stereocenters. The summed E-state index contributed by atoms with van der Waals surface area (Å²) in [4.78, 5) is 11.9. The summed E-state index contributed by atoms with van der Waals surface area (Å²) in [6, 6.07) is 5.53. The Kier molecular flexibility index (Phi) is 5.21. The predicted molar refractivity (Wildman–Crippen MR) is 77.8 cm³/mol. The number of rotatable bonds is 4. The van der Waals surface area contributed by atoms with Gasteiger partial charge in [0.25, 0.3) is 5.91 Å². The van der Waals surface area contributed by atoms with Crippen LogP contribution in [0.1, 0.15) is 29.6 Å². The average molecular weight is 377 g/mol. The highest BCUT2D eigenvalue weighted by Crippen LogP contribution is 2.20. The Hall–Kier alpha value is -0.390. The van der Waals surface area contributed by atoms with Gasteiger partial charge in [0.2, 0.25) is 0 Å². The van der Waals surface area contributed by atoms with Crippen molar-refractivity contribution in [3.63, 3.8) is 0 Å². The summed E-state index contributed by atoms with van der Waals surface area (Å²) in [6.07, 6.45) is 3.45. The molecule has 1 amide bonds. The van der Waals surface area contributed by atoms with E-state index in [1.165, 1.54) is 0 Å². The van der Waals surface area contributed by atoms with Crippen LogP contribution in [0.3, 0.4) is 0 Å². The Morgan fingerprint density at radius 1 is 1.33 bits per heavy atom. The van der Waals surface area contributed by atoms with Crippen LogP contribution in [-0.2, 0) is 4.74 Å². The van der Waals surface area contributed by atoms with Crippen LogP contribution in [0.15, 0.2) is 27.1 Å². The van der Waals surface area contributed by atoms with Crippen molar-refractivity contribution in [1.82, 2.24) is 5.32 Å². The van der Waals surface area contributed by atoms with Crippen molar-refractivity contribution in [2.75, 3.05) is 13.2 Å². The van der Waals surface area contributed by atoms with Gasteiger partial charge in [0.1, 0.15) is 0 Å². The first kappa shape index (κ1) is 14.0. The summed E-state index contributed by atoms with van der Waals surface area (Å²) in [6.45, 7) is 1.52. The second-order valence-electron chi connectivity index (χ2n) is 4.34. The molecule has 1 aromatic carbocycles. The van der Waals surface area contributed by atoms with Gasteiger partial charge in [-0.25, -0.2) is 0 Å². The van der Waals surface area contributed by atoms with Crippen molar-refractivity contribution < 1.29 is 9.53 Å². The van der Waals surface area contributed by atoms with Crippen LogP contribution in [0.5, 0.6) is 0 Å². The Balaban J connectivity index is 1.83. The second-order valence-corrected chi connectivity index (χ2v) is 6.17. The maximum absolute atomic E-state index is 11.9. The highest BCUT2D eigenvalue weighted by molar-refractivity contribution is 9.11. The van der Waals surface area contributed by atoms with E-state index in [2.05, 4.69) is 37.2 Å². The molecule has 1 fully saturated rings. The fraction of sp³-hybridized carbons (Fsp3) is 0.462. The van der Waals surface area contributed by atoms with E-state index in [1.54, 1.807) is 0 Å². The molecule has 1 aromatic rings.